The molecule has 0 radical (unpaired) electrons. The van der Waals surface area contributed by atoms with E-state index in [0.29, 0.717) is 12.2 Å². The van der Waals surface area contributed by atoms with Gasteiger partial charge in [0.05, 0.1) is 32.6 Å². The fourth-order valence-electron chi connectivity index (χ4n) is 3.30. The third kappa shape index (κ3) is 4.04. The number of aromatic nitrogens is 2. The van der Waals surface area contributed by atoms with E-state index in [-0.39, 0.29) is 12.1 Å². The van der Waals surface area contributed by atoms with Crippen molar-refractivity contribution in [3.8, 4) is 0 Å². The highest BCUT2D eigenvalue weighted by Crippen LogP contribution is 2.38. The van der Waals surface area contributed by atoms with Crippen LogP contribution in [0.3, 0.4) is 0 Å². The van der Waals surface area contributed by atoms with E-state index in [9.17, 15) is 22.8 Å². The molecule has 156 valence electrons. The zero-order valence-corrected chi connectivity index (χ0v) is 16.9. The van der Waals surface area contributed by atoms with Crippen LogP contribution in [0.25, 0.3) is 11.0 Å². The Kier molecular flexibility index (Phi) is 5.50. The number of imidazole rings is 1. The molecule has 3 aromatic rings. The van der Waals surface area contributed by atoms with E-state index >= 15 is 0 Å². The Bertz CT molecular complexity index is 1100. The third-order valence-electron chi connectivity index (χ3n) is 4.72. The van der Waals surface area contributed by atoms with Gasteiger partial charge in [0, 0.05) is 18.6 Å². The molecule has 5 nitrogen and oxygen atoms in total. The van der Waals surface area contributed by atoms with Crippen LogP contribution in [0, 0.1) is 0 Å². The summed E-state index contributed by atoms with van der Waals surface area (Å²) < 4.78 is 39.3. The molecule has 2 aromatic carbocycles. The monoisotopic (exact) mass is 453 g/mol. The molecule has 1 fully saturated rings. The lowest BCUT2D eigenvalue weighted by Crippen LogP contribution is -2.31. The fraction of sp³-hybridized carbons (Fsp3) is 0.250. The molecule has 0 spiro atoms. The average molecular weight is 454 g/mol. The van der Waals surface area contributed by atoms with Gasteiger partial charge in [-0.3, -0.25) is 9.59 Å². The molecule has 1 unspecified atom stereocenters. The predicted molar refractivity (Wildman–Crippen MR) is 110 cm³/mol. The number of carbonyl (C=O) groups is 2. The number of rotatable bonds is 5. The number of aromatic amines is 1. The molecule has 1 saturated heterocycles. The number of para-hydroxylation sites is 2. The van der Waals surface area contributed by atoms with Crippen molar-refractivity contribution in [1.82, 2.24) is 9.97 Å². The van der Waals surface area contributed by atoms with Crippen LogP contribution < -0.4 is 4.90 Å². The maximum atomic E-state index is 13.1. The maximum absolute atomic E-state index is 13.1. The minimum absolute atomic E-state index is 0.0619. The Morgan fingerprint density at radius 3 is 2.70 bits per heavy atom. The molecule has 1 N–H and O–H groups in total. The van der Waals surface area contributed by atoms with Gasteiger partial charge in [0.2, 0.25) is 11.8 Å². The van der Waals surface area contributed by atoms with Gasteiger partial charge in [-0.05, 0) is 30.3 Å². The van der Waals surface area contributed by atoms with Crippen molar-refractivity contribution in [3.63, 3.8) is 0 Å². The molecule has 0 aliphatic carbocycles. The lowest BCUT2D eigenvalue weighted by molar-refractivity contribution is -0.137. The van der Waals surface area contributed by atoms with E-state index in [1.165, 1.54) is 17.8 Å². The molecule has 2 heterocycles. The molecule has 1 aliphatic heterocycles. The predicted octanol–water partition coefficient (Wildman–Crippen LogP) is 4.84. The molecule has 2 amide bonds. The van der Waals surface area contributed by atoms with Crippen LogP contribution in [0.2, 0.25) is 5.02 Å². The first kappa shape index (κ1) is 20.7. The summed E-state index contributed by atoms with van der Waals surface area (Å²) in [5, 5.41) is -1.13. The van der Waals surface area contributed by atoms with Crippen molar-refractivity contribution in [1.29, 1.82) is 0 Å². The molecule has 1 aliphatic rings. The number of amides is 2. The number of imide groups is 1. The Hall–Kier alpha value is -2.52. The Morgan fingerprint density at radius 1 is 1.20 bits per heavy atom. The zero-order valence-electron chi connectivity index (χ0n) is 15.4. The second-order valence-corrected chi connectivity index (χ2v) is 8.46. The first-order valence-electron chi connectivity index (χ1n) is 9.03. The second kappa shape index (κ2) is 7.96. The first-order chi connectivity index (χ1) is 14.2. The normalized spacial score (nSPS) is 17.3. The highest BCUT2D eigenvalue weighted by atomic mass is 35.5. The summed E-state index contributed by atoms with van der Waals surface area (Å²) in [5.74, 6) is 0.248. The summed E-state index contributed by atoms with van der Waals surface area (Å²) in [6.07, 6.45) is -4.18. The van der Waals surface area contributed by atoms with Crippen LogP contribution in [-0.2, 0) is 22.2 Å². The average Bonchev–Trinajstić information content (AvgIpc) is 3.22. The number of benzene rings is 2. The highest BCUT2D eigenvalue weighted by Gasteiger charge is 2.41. The molecule has 0 saturated carbocycles. The highest BCUT2D eigenvalue weighted by molar-refractivity contribution is 8.00. The van der Waals surface area contributed by atoms with Crippen LogP contribution in [-0.4, -0.2) is 32.8 Å². The van der Waals surface area contributed by atoms with Crippen LogP contribution >= 0.6 is 23.4 Å². The van der Waals surface area contributed by atoms with E-state index in [4.69, 9.17) is 11.6 Å². The van der Waals surface area contributed by atoms with Crippen molar-refractivity contribution in [2.75, 3.05) is 10.7 Å². The van der Waals surface area contributed by atoms with Gasteiger partial charge in [0.15, 0.2) is 0 Å². The first-order valence-corrected chi connectivity index (χ1v) is 10.5. The number of fused-ring (bicyclic) bond motifs is 1. The standard InChI is InChI=1S/C20H15ClF3N3O2S/c21-13-6-5-11(9-12(13)20(22,23)24)27-18(28)10-16(19(27)29)30-8-7-17-25-14-3-1-2-4-15(14)26-17/h1-6,9,16H,7-8,10H2,(H,25,26). The number of hydrogen-bond donors (Lipinski definition) is 1. The minimum Gasteiger partial charge on any atom is -0.342 e. The summed E-state index contributed by atoms with van der Waals surface area (Å²) in [4.78, 5) is 33.5. The van der Waals surface area contributed by atoms with Crippen molar-refractivity contribution in [2.24, 2.45) is 0 Å². The lowest BCUT2D eigenvalue weighted by Gasteiger charge is -2.17. The van der Waals surface area contributed by atoms with Gasteiger partial charge >= 0.3 is 6.18 Å². The number of nitrogens with one attached hydrogen (secondary N) is 1. The van der Waals surface area contributed by atoms with E-state index < -0.39 is 33.8 Å². The zero-order chi connectivity index (χ0) is 21.5. The molecule has 30 heavy (non-hydrogen) atoms. The third-order valence-corrected chi connectivity index (χ3v) is 6.26. The number of hydrogen-bond acceptors (Lipinski definition) is 4. The van der Waals surface area contributed by atoms with Crippen molar-refractivity contribution in [3.05, 3.63) is 58.9 Å². The smallest absolute Gasteiger partial charge is 0.342 e. The quantitative estimate of drug-likeness (QED) is 0.561. The molecular weight excluding hydrogens is 439 g/mol. The molecule has 1 aromatic heterocycles. The maximum Gasteiger partial charge on any atom is 0.417 e. The molecular formula is C20H15ClF3N3O2S. The van der Waals surface area contributed by atoms with Gasteiger partial charge in [-0.15, -0.1) is 11.8 Å². The number of halogens is 4. The van der Waals surface area contributed by atoms with Crippen LogP contribution in [0.1, 0.15) is 17.8 Å². The Balaban J connectivity index is 1.44. The molecule has 1 atom stereocenters. The second-order valence-electron chi connectivity index (χ2n) is 6.74. The number of H-pyrrole nitrogens is 1. The van der Waals surface area contributed by atoms with Gasteiger partial charge in [-0.1, -0.05) is 23.7 Å². The number of thioether (sulfide) groups is 1. The van der Waals surface area contributed by atoms with Crippen LogP contribution in [0.15, 0.2) is 42.5 Å². The SMILES string of the molecule is O=C1CC(SCCc2nc3ccccc3[nH]2)C(=O)N1c1ccc(Cl)c(C(F)(F)F)c1. The molecule has 10 heteroatoms. The van der Waals surface area contributed by atoms with Crippen molar-refractivity contribution < 1.29 is 22.8 Å². The van der Waals surface area contributed by atoms with Gasteiger partial charge in [0.25, 0.3) is 0 Å². The lowest BCUT2D eigenvalue weighted by atomic mass is 10.2. The molecule has 4 rings (SSSR count). The summed E-state index contributed by atoms with van der Waals surface area (Å²) in [6, 6.07) is 10.6. The van der Waals surface area contributed by atoms with Gasteiger partial charge in [0.1, 0.15) is 5.82 Å². The number of aryl methyl sites for hydroxylation is 1. The van der Waals surface area contributed by atoms with E-state index in [1.54, 1.807) is 0 Å². The van der Waals surface area contributed by atoms with Gasteiger partial charge in [-0.2, -0.15) is 13.2 Å². The van der Waals surface area contributed by atoms with Crippen molar-refractivity contribution in [2.45, 2.75) is 24.3 Å². The van der Waals surface area contributed by atoms with Gasteiger partial charge < -0.3 is 4.98 Å². The summed E-state index contributed by atoms with van der Waals surface area (Å²) >= 11 is 6.92. The Labute approximate surface area is 178 Å². The number of nitrogens with zero attached hydrogens (tertiary/aromatic N) is 2. The number of alkyl halides is 3. The summed E-state index contributed by atoms with van der Waals surface area (Å²) in [7, 11) is 0. The molecule has 0 bridgehead atoms. The number of carbonyl (C=O) groups excluding carboxylic acids is 2. The largest absolute Gasteiger partial charge is 0.417 e. The van der Waals surface area contributed by atoms with E-state index in [1.807, 2.05) is 24.3 Å². The van der Waals surface area contributed by atoms with E-state index in [2.05, 4.69) is 9.97 Å². The topological polar surface area (TPSA) is 66.1 Å². The fourth-order valence-corrected chi connectivity index (χ4v) is 4.63. The summed E-state index contributed by atoms with van der Waals surface area (Å²) in [6.45, 7) is 0. The number of anilines is 1. The van der Waals surface area contributed by atoms with Gasteiger partial charge in [-0.25, -0.2) is 9.88 Å². The minimum atomic E-state index is -4.68. The van der Waals surface area contributed by atoms with Crippen molar-refractivity contribution >= 4 is 51.9 Å². The van der Waals surface area contributed by atoms with Crippen LogP contribution in [0.5, 0.6) is 0 Å². The summed E-state index contributed by atoms with van der Waals surface area (Å²) in [5.41, 5.74) is 0.559. The van der Waals surface area contributed by atoms with E-state index in [0.717, 1.165) is 33.9 Å². The van der Waals surface area contributed by atoms with Crippen LogP contribution in [0.4, 0.5) is 18.9 Å². The Morgan fingerprint density at radius 2 is 1.97 bits per heavy atom.